The van der Waals surface area contributed by atoms with E-state index < -0.39 is 0 Å². The van der Waals surface area contributed by atoms with Crippen molar-refractivity contribution in [1.29, 1.82) is 0 Å². The highest BCUT2D eigenvalue weighted by Gasteiger charge is 2.44. The molecule has 2 saturated carbocycles. The molecule has 0 aliphatic heterocycles. The van der Waals surface area contributed by atoms with E-state index in [0.717, 1.165) is 30.6 Å². The van der Waals surface area contributed by atoms with Crippen molar-refractivity contribution in [3.63, 3.8) is 0 Å². The number of methoxy groups -OCH3 is 1. The van der Waals surface area contributed by atoms with Gasteiger partial charge in [0.2, 0.25) is 0 Å². The normalized spacial score (nSPS) is 45.9. The van der Waals surface area contributed by atoms with Gasteiger partial charge in [0.15, 0.2) is 0 Å². The predicted molar refractivity (Wildman–Crippen MR) is 81.0 cm³/mol. The van der Waals surface area contributed by atoms with Crippen LogP contribution in [0.25, 0.3) is 0 Å². The number of hydrogen-bond donors (Lipinski definition) is 1. The van der Waals surface area contributed by atoms with Crippen LogP contribution in [0.15, 0.2) is 0 Å². The fourth-order valence-electron chi connectivity index (χ4n) is 4.90. The Kier molecular flexibility index (Phi) is 4.94. The molecule has 19 heavy (non-hydrogen) atoms. The monoisotopic (exact) mass is 267 g/mol. The van der Waals surface area contributed by atoms with Gasteiger partial charge in [-0.3, -0.25) is 0 Å². The molecule has 2 nitrogen and oxygen atoms in total. The minimum atomic E-state index is -0.0425. The summed E-state index contributed by atoms with van der Waals surface area (Å²) < 4.78 is 6.01. The van der Waals surface area contributed by atoms with Gasteiger partial charge in [-0.25, -0.2) is 0 Å². The first-order chi connectivity index (χ1) is 8.97. The minimum Gasteiger partial charge on any atom is -0.377 e. The van der Waals surface area contributed by atoms with Gasteiger partial charge in [-0.2, -0.15) is 0 Å². The van der Waals surface area contributed by atoms with Crippen molar-refractivity contribution in [3.05, 3.63) is 0 Å². The second-order valence-electron chi connectivity index (χ2n) is 7.67. The first-order valence-electron chi connectivity index (χ1n) is 8.27. The van der Waals surface area contributed by atoms with E-state index in [0.29, 0.717) is 5.92 Å². The lowest BCUT2D eigenvalue weighted by molar-refractivity contribution is -0.0894. The Balaban J connectivity index is 2.09. The van der Waals surface area contributed by atoms with Crippen LogP contribution in [0.5, 0.6) is 0 Å². The summed E-state index contributed by atoms with van der Waals surface area (Å²) in [7, 11) is 1.88. The lowest BCUT2D eigenvalue weighted by Gasteiger charge is -2.48. The summed E-state index contributed by atoms with van der Waals surface area (Å²) in [5.74, 6) is 3.08. The lowest BCUT2D eigenvalue weighted by atomic mass is 9.65. The predicted octanol–water partition coefficient (Wildman–Crippen LogP) is 3.98. The SMILES string of the molecule is COC1(C(N)C2CC(C)CC(C)C2)CCCC(C)C1. The standard InChI is InChI=1S/C17H33NO/c1-12-6-5-7-17(11-12,19-4)16(18)15-9-13(2)8-14(3)10-15/h12-16H,5-11,18H2,1-4H3. The second kappa shape index (κ2) is 6.13. The molecule has 112 valence electrons. The zero-order valence-electron chi connectivity index (χ0n) is 13.3. The molecule has 0 spiro atoms. The third kappa shape index (κ3) is 3.33. The van der Waals surface area contributed by atoms with Gasteiger partial charge in [-0.1, -0.05) is 33.6 Å². The molecule has 2 aliphatic carbocycles. The van der Waals surface area contributed by atoms with E-state index in [1.165, 1.54) is 32.1 Å². The largest absolute Gasteiger partial charge is 0.377 e. The third-order valence-corrected chi connectivity index (χ3v) is 5.73. The van der Waals surface area contributed by atoms with E-state index >= 15 is 0 Å². The van der Waals surface area contributed by atoms with Crippen LogP contribution in [-0.2, 0) is 4.74 Å². The van der Waals surface area contributed by atoms with Crippen molar-refractivity contribution in [2.45, 2.75) is 77.4 Å². The fraction of sp³-hybridized carbons (Fsp3) is 1.00. The number of hydrogen-bond acceptors (Lipinski definition) is 2. The van der Waals surface area contributed by atoms with Crippen LogP contribution < -0.4 is 5.73 Å². The Hall–Kier alpha value is -0.0800. The van der Waals surface area contributed by atoms with Gasteiger partial charge in [-0.05, 0) is 55.8 Å². The zero-order valence-corrected chi connectivity index (χ0v) is 13.3. The topological polar surface area (TPSA) is 35.2 Å². The van der Waals surface area contributed by atoms with Gasteiger partial charge in [0, 0.05) is 13.2 Å². The molecule has 2 aliphatic rings. The van der Waals surface area contributed by atoms with E-state index in [2.05, 4.69) is 20.8 Å². The number of nitrogens with two attached hydrogens (primary N) is 1. The fourth-order valence-corrected chi connectivity index (χ4v) is 4.90. The summed E-state index contributed by atoms with van der Waals surface area (Å²) >= 11 is 0. The maximum Gasteiger partial charge on any atom is 0.0834 e. The molecule has 2 fully saturated rings. The van der Waals surface area contributed by atoms with Crippen LogP contribution in [-0.4, -0.2) is 18.8 Å². The molecule has 0 aromatic heterocycles. The smallest absolute Gasteiger partial charge is 0.0834 e. The van der Waals surface area contributed by atoms with Crippen molar-refractivity contribution in [2.75, 3.05) is 7.11 Å². The Labute approximate surface area is 119 Å². The third-order valence-electron chi connectivity index (χ3n) is 5.73. The number of ether oxygens (including phenoxy) is 1. The summed E-state index contributed by atoms with van der Waals surface area (Å²) in [6.45, 7) is 7.13. The molecule has 0 aromatic rings. The van der Waals surface area contributed by atoms with Crippen LogP contribution in [0.1, 0.15) is 65.7 Å². The van der Waals surface area contributed by atoms with Crippen LogP contribution in [0, 0.1) is 23.7 Å². The summed E-state index contributed by atoms with van der Waals surface area (Å²) in [6.07, 6.45) is 8.91. The highest BCUT2D eigenvalue weighted by molar-refractivity contribution is 4.99. The Morgan fingerprint density at radius 3 is 2.21 bits per heavy atom. The zero-order chi connectivity index (χ0) is 14.0. The molecule has 2 N–H and O–H groups in total. The molecular formula is C17H33NO. The second-order valence-corrected chi connectivity index (χ2v) is 7.67. The molecule has 0 radical (unpaired) electrons. The molecule has 0 aromatic carbocycles. The molecule has 2 heteroatoms. The van der Waals surface area contributed by atoms with E-state index in [1.54, 1.807) is 0 Å². The summed E-state index contributed by atoms with van der Waals surface area (Å²) in [5, 5.41) is 0. The first kappa shape index (κ1) is 15.3. The van der Waals surface area contributed by atoms with E-state index in [-0.39, 0.29) is 11.6 Å². The molecule has 0 bridgehead atoms. The Morgan fingerprint density at radius 1 is 1.05 bits per heavy atom. The van der Waals surface area contributed by atoms with Crippen LogP contribution >= 0.6 is 0 Å². The molecule has 0 amide bonds. The van der Waals surface area contributed by atoms with Crippen molar-refractivity contribution in [3.8, 4) is 0 Å². The van der Waals surface area contributed by atoms with Crippen LogP contribution in [0.3, 0.4) is 0 Å². The van der Waals surface area contributed by atoms with Gasteiger partial charge in [0.25, 0.3) is 0 Å². The Bertz CT molecular complexity index is 283. The van der Waals surface area contributed by atoms with Gasteiger partial charge in [0.05, 0.1) is 5.60 Å². The molecule has 5 unspecified atom stereocenters. The molecule has 2 rings (SSSR count). The van der Waals surface area contributed by atoms with Crippen LogP contribution in [0.4, 0.5) is 0 Å². The van der Waals surface area contributed by atoms with Gasteiger partial charge >= 0.3 is 0 Å². The Morgan fingerprint density at radius 2 is 1.68 bits per heavy atom. The highest BCUT2D eigenvalue weighted by atomic mass is 16.5. The molecular weight excluding hydrogens is 234 g/mol. The average Bonchev–Trinajstić information content (AvgIpc) is 2.36. The summed E-state index contributed by atoms with van der Waals surface area (Å²) in [5.41, 5.74) is 6.69. The maximum atomic E-state index is 6.73. The van der Waals surface area contributed by atoms with Gasteiger partial charge in [0.1, 0.15) is 0 Å². The number of rotatable bonds is 3. The molecule has 0 saturated heterocycles. The minimum absolute atomic E-state index is 0.0425. The van der Waals surface area contributed by atoms with Crippen LogP contribution in [0.2, 0.25) is 0 Å². The lowest BCUT2D eigenvalue weighted by Crippen LogP contribution is -2.56. The van der Waals surface area contributed by atoms with Gasteiger partial charge < -0.3 is 10.5 Å². The summed E-state index contributed by atoms with van der Waals surface area (Å²) in [4.78, 5) is 0. The van der Waals surface area contributed by atoms with Crippen molar-refractivity contribution in [1.82, 2.24) is 0 Å². The van der Waals surface area contributed by atoms with Crippen molar-refractivity contribution < 1.29 is 4.74 Å². The maximum absolute atomic E-state index is 6.73. The highest BCUT2D eigenvalue weighted by Crippen LogP contribution is 2.43. The van der Waals surface area contributed by atoms with Crippen molar-refractivity contribution in [2.24, 2.45) is 29.4 Å². The summed E-state index contributed by atoms with van der Waals surface area (Å²) in [6, 6.07) is 0.227. The van der Waals surface area contributed by atoms with E-state index in [4.69, 9.17) is 10.5 Å². The quantitative estimate of drug-likeness (QED) is 0.839. The molecule has 5 atom stereocenters. The average molecular weight is 267 g/mol. The van der Waals surface area contributed by atoms with Crippen molar-refractivity contribution >= 4 is 0 Å². The van der Waals surface area contributed by atoms with E-state index in [9.17, 15) is 0 Å². The van der Waals surface area contributed by atoms with Gasteiger partial charge in [-0.15, -0.1) is 0 Å². The van der Waals surface area contributed by atoms with E-state index in [1.807, 2.05) is 7.11 Å². The first-order valence-corrected chi connectivity index (χ1v) is 8.27. The molecule has 0 heterocycles.